The van der Waals surface area contributed by atoms with Gasteiger partial charge in [0.15, 0.2) is 0 Å². The van der Waals surface area contributed by atoms with Crippen molar-refractivity contribution >= 4 is 23.2 Å². The SMILES string of the molecule is Cc1cccc(C(=O)N(Cc2cc(NC(=O)C3CCC3)ccc2N(C)C)[C@@H](C)C(C)C)c1. The summed E-state index contributed by atoms with van der Waals surface area (Å²) in [6.07, 6.45) is 3.07. The lowest BCUT2D eigenvalue weighted by atomic mass is 9.85. The Morgan fingerprint density at radius 1 is 1.06 bits per heavy atom. The Kier molecular flexibility index (Phi) is 7.60. The fourth-order valence-corrected chi connectivity index (χ4v) is 4.03. The second kappa shape index (κ2) is 10.2. The van der Waals surface area contributed by atoms with Gasteiger partial charge in [0.05, 0.1) is 0 Å². The molecule has 2 aromatic carbocycles. The molecule has 0 saturated heterocycles. The zero-order valence-corrected chi connectivity index (χ0v) is 20.3. The number of hydrogen-bond acceptors (Lipinski definition) is 3. The molecular weight excluding hydrogens is 398 g/mol. The van der Waals surface area contributed by atoms with Crippen LogP contribution >= 0.6 is 0 Å². The van der Waals surface area contributed by atoms with Gasteiger partial charge in [-0.25, -0.2) is 0 Å². The van der Waals surface area contributed by atoms with Crippen LogP contribution in [0.2, 0.25) is 0 Å². The Bertz CT molecular complexity index is 963. The molecule has 0 bridgehead atoms. The lowest BCUT2D eigenvalue weighted by Crippen LogP contribution is -2.41. The van der Waals surface area contributed by atoms with Crippen LogP contribution < -0.4 is 10.2 Å². The minimum atomic E-state index is 0.0310. The molecule has 0 aromatic heterocycles. The van der Waals surface area contributed by atoms with Crippen molar-refractivity contribution in [2.75, 3.05) is 24.3 Å². The van der Waals surface area contributed by atoms with E-state index in [1.54, 1.807) is 0 Å². The summed E-state index contributed by atoms with van der Waals surface area (Å²) in [4.78, 5) is 30.1. The molecular formula is C27H37N3O2. The summed E-state index contributed by atoms with van der Waals surface area (Å²) in [5.41, 5.74) is 4.64. The maximum atomic E-state index is 13.6. The summed E-state index contributed by atoms with van der Waals surface area (Å²) in [7, 11) is 4.01. The molecule has 1 aliphatic carbocycles. The van der Waals surface area contributed by atoms with Crippen LogP contribution in [0.3, 0.4) is 0 Å². The normalized spacial score (nSPS) is 14.6. The van der Waals surface area contributed by atoms with Gasteiger partial charge in [-0.3, -0.25) is 9.59 Å². The quantitative estimate of drug-likeness (QED) is 0.597. The molecule has 0 radical (unpaired) electrons. The third kappa shape index (κ3) is 5.50. The van der Waals surface area contributed by atoms with E-state index in [1.165, 1.54) is 0 Å². The van der Waals surface area contributed by atoms with E-state index >= 15 is 0 Å². The van der Waals surface area contributed by atoms with Crippen molar-refractivity contribution in [3.05, 3.63) is 59.2 Å². The molecule has 1 N–H and O–H groups in total. The number of rotatable bonds is 8. The summed E-state index contributed by atoms with van der Waals surface area (Å²) < 4.78 is 0. The van der Waals surface area contributed by atoms with E-state index in [0.29, 0.717) is 18.0 Å². The van der Waals surface area contributed by atoms with Crippen LogP contribution in [-0.4, -0.2) is 36.9 Å². The van der Waals surface area contributed by atoms with Gasteiger partial charge in [0.2, 0.25) is 5.91 Å². The summed E-state index contributed by atoms with van der Waals surface area (Å²) in [5.74, 6) is 0.576. The highest BCUT2D eigenvalue weighted by Gasteiger charge is 2.27. The van der Waals surface area contributed by atoms with Crippen LogP contribution in [0.4, 0.5) is 11.4 Å². The third-order valence-electron chi connectivity index (χ3n) is 6.63. The Balaban J connectivity index is 1.93. The standard InChI is InChI=1S/C27H37N3O2/c1-18(2)20(4)30(27(32)22-12-7-9-19(3)15-22)17-23-16-24(13-14-25(23)29(5)6)28-26(31)21-10-8-11-21/h7,9,12-16,18,20-21H,8,10-11,17H2,1-6H3,(H,28,31)/t20-/m0/s1. The van der Waals surface area contributed by atoms with Crippen LogP contribution in [0, 0.1) is 18.8 Å². The number of nitrogens with one attached hydrogen (secondary N) is 1. The molecule has 5 heteroatoms. The largest absolute Gasteiger partial charge is 0.377 e. The monoisotopic (exact) mass is 435 g/mol. The average molecular weight is 436 g/mol. The number of carbonyl (C=O) groups is 2. The Morgan fingerprint density at radius 3 is 2.34 bits per heavy atom. The first-order valence-corrected chi connectivity index (χ1v) is 11.7. The van der Waals surface area contributed by atoms with Gasteiger partial charge in [-0.1, -0.05) is 38.0 Å². The molecule has 2 aromatic rings. The lowest BCUT2D eigenvalue weighted by Gasteiger charge is -2.33. The van der Waals surface area contributed by atoms with Crippen LogP contribution in [0.15, 0.2) is 42.5 Å². The first kappa shape index (κ1) is 23.8. The van der Waals surface area contributed by atoms with E-state index in [4.69, 9.17) is 0 Å². The highest BCUT2D eigenvalue weighted by molar-refractivity contribution is 5.95. The molecule has 0 heterocycles. The minimum absolute atomic E-state index is 0.0310. The predicted molar refractivity (Wildman–Crippen MR) is 132 cm³/mol. The summed E-state index contributed by atoms with van der Waals surface area (Å²) in [6, 6.07) is 13.8. The molecule has 32 heavy (non-hydrogen) atoms. The Labute approximate surface area is 192 Å². The minimum Gasteiger partial charge on any atom is -0.377 e. The summed E-state index contributed by atoms with van der Waals surface area (Å²) in [5, 5.41) is 3.08. The van der Waals surface area contributed by atoms with Crippen molar-refractivity contribution in [1.82, 2.24) is 4.90 Å². The Morgan fingerprint density at radius 2 is 1.78 bits per heavy atom. The van der Waals surface area contributed by atoms with E-state index in [2.05, 4.69) is 31.0 Å². The van der Waals surface area contributed by atoms with E-state index in [1.807, 2.05) is 68.4 Å². The average Bonchev–Trinajstić information content (AvgIpc) is 2.69. The lowest BCUT2D eigenvalue weighted by molar-refractivity contribution is -0.122. The van der Waals surface area contributed by atoms with Gasteiger partial charge < -0.3 is 15.1 Å². The van der Waals surface area contributed by atoms with E-state index in [-0.39, 0.29) is 23.8 Å². The van der Waals surface area contributed by atoms with Gasteiger partial charge in [-0.05, 0) is 68.5 Å². The maximum absolute atomic E-state index is 13.6. The zero-order valence-electron chi connectivity index (χ0n) is 20.3. The topological polar surface area (TPSA) is 52.7 Å². The van der Waals surface area contributed by atoms with Crippen molar-refractivity contribution in [2.24, 2.45) is 11.8 Å². The number of amides is 2. The second-order valence-electron chi connectivity index (χ2n) is 9.64. The van der Waals surface area contributed by atoms with Crippen LogP contribution in [0.5, 0.6) is 0 Å². The van der Waals surface area contributed by atoms with Crippen molar-refractivity contribution in [3.63, 3.8) is 0 Å². The fourth-order valence-electron chi connectivity index (χ4n) is 4.03. The highest BCUT2D eigenvalue weighted by atomic mass is 16.2. The van der Waals surface area contributed by atoms with Gasteiger partial charge >= 0.3 is 0 Å². The molecule has 1 atom stereocenters. The number of carbonyl (C=O) groups excluding carboxylic acids is 2. The van der Waals surface area contributed by atoms with Gasteiger partial charge in [-0.2, -0.15) is 0 Å². The maximum Gasteiger partial charge on any atom is 0.254 e. The molecule has 0 unspecified atom stereocenters. The van der Waals surface area contributed by atoms with Crippen molar-refractivity contribution in [2.45, 2.75) is 59.5 Å². The highest BCUT2D eigenvalue weighted by Crippen LogP contribution is 2.30. The molecule has 0 spiro atoms. The zero-order chi connectivity index (χ0) is 23.4. The molecule has 1 fully saturated rings. The second-order valence-corrected chi connectivity index (χ2v) is 9.64. The number of hydrogen-bond donors (Lipinski definition) is 1. The molecule has 3 rings (SSSR count). The van der Waals surface area contributed by atoms with E-state index in [0.717, 1.165) is 41.8 Å². The fraction of sp³-hybridized carbons (Fsp3) is 0.481. The van der Waals surface area contributed by atoms with Gasteiger partial charge in [0.1, 0.15) is 0 Å². The van der Waals surface area contributed by atoms with Crippen molar-refractivity contribution < 1.29 is 9.59 Å². The van der Waals surface area contributed by atoms with Gasteiger partial charge in [0, 0.05) is 49.5 Å². The number of aryl methyl sites for hydroxylation is 1. The molecule has 5 nitrogen and oxygen atoms in total. The van der Waals surface area contributed by atoms with Crippen molar-refractivity contribution in [3.8, 4) is 0 Å². The van der Waals surface area contributed by atoms with E-state index in [9.17, 15) is 9.59 Å². The van der Waals surface area contributed by atoms with E-state index < -0.39 is 0 Å². The Hall–Kier alpha value is -2.82. The molecule has 1 aliphatic rings. The molecule has 0 aliphatic heterocycles. The van der Waals surface area contributed by atoms with Gasteiger partial charge in [0.25, 0.3) is 5.91 Å². The predicted octanol–water partition coefficient (Wildman–Crippen LogP) is 5.49. The third-order valence-corrected chi connectivity index (χ3v) is 6.63. The first-order valence-electron chi connectivity index (χ1n) is 11.7. The van der Waals surface area contributed by atoms with Crippen molar-refractivity contribution in [1.29, 1.82) is 0 Å². The van der Waals surface area contributed by atoms with Crippen LogP contribution in [-0.2, 0) is 11.3 Å². The van der Waals surface area contributed by atoms with Crippen LogP contribution in [0.1, 0.15) is 61.5 Å². The van der Waals surface area contributed by atoms with Gasteiger partial charge in [-0.15, -0.1) is 0 Å². The summed E-state index contributed by atoms with van der Waals surface area (Å²) in [6.45, 7) is 8.88. The number of anilines is 2. The summed E-state index contributed by atoms with van der Waals surface area (Å²) >= 11 is 0. The molecule has 172 valence electrons. The van der Waals surface area contributed by atoms with Crippen LogP contribution in [0.25, 0.3) is 0 Å². The molecule has 1 saturated carbocycles. The number of benzene rings is 2. The number of nitrogens with zero attached hydrogens (tertiary/aromatic N) is 2. The first-order chi connectivity index (χ1) is 15.2. The molecule has 2 amide bonds. The smallest absolute Gasteiger partial charge is 0.254 e.